The molecule has 1 N–H and O–H groups in total. The lowest BCUT2D eigenvalue weighted by Gasteiger charge is -2.12. The lowest BCUT2D eigenvalue weighted by molar-refractivity contribution is -0.137. The van der Waals surface area contributed by atoms with Crippen LogP contribution in [0.5, 0.6) is 0 Å². The molecule has 1 heterocycles. The second kappa shape index (κ2) is 7.43. The van der Waals surface area contributed by atoms with Gasteiger partial charge in [0.15, 0.2) is 11.6 Å². The molecule has 0 unspecified atom stereocenters. The smallest absolute Gasteiger partial charge is 0.331 e. The number of thioether (sulfide) groups is 1. The minimum Gasteiger partial charge on any atom is -0.480 e. The quantitative estimate of drug-likeness (QED) is 0.846. The van der Waals surface area contributed by atoms with Crippen molar-refractivity contribution < 1.29 is 18.7 Å². The van der Waals surface area contributed by atoms with Gasteiger partial charge in [0.25, 0.3) is 5.56 Å². The van der Waals surface area contributed by atoms with Crippen LogP contribution in [0.3, 0.4) is 0 Å². The Labute approximate surface area is 139 Å². The third-order valence-electron chi connectivity index (χ3n) is 3.30. The number of carboxylic acid groups (broad SMARTS) is 1. The van der Waals surface area contributed by atoms with Crippen molar-refractivity contribution in [1.29, 1.82) is 0 Å². The van der Waals surface area contributed by atoms with E-state index in [-0.39, 0.29) is 17.7 Å². The summed E-state index contributed by atoms with van der Waals surface area (Å²) in [7, 11) is 0. The highest BCUT2D eigenvalue weighted by molar-refractivity contribution is 7.98. The van der Waals surface area contributed by atoms with Gasteiger partial charge in [0.05, 0.1) is 5.56 Å². The van der Waals surface area contributed by atoms with Gasteiger partial charge in [0, 0.05) is 24.1 Å². The summed E-state index contributed by atoms with van der Waals surface area (Å²) in [5.74, 6) is -3.24. The van der Waals surface area contributed by atoms with E-state index in [4.69, 9.17) is 5.11 Å². The van der Waals surface area contributed by atoms with Crippen molar-refractivity contribution in [3.05, 3.63) is 56.9 Å². The van der Waals surface area contributed by atoms with Gasteiger partial charge in [-0.15, -0.1) is 0 Å². The summed E-state index contributed by atoms with van der Waals surface area (Å²) < 4.78 is 29.1. The minimum atomic E-state index is -1.29. The number of carboxylic acids is 1. The highest BCUT2D eigenvalue weighted by atomic mass is 32.2. The summed E-state index contributed by atoms with van der Waals surface area (Å²) in [5, 5.41) is 8.90. The van der Waals surface area contributed by atoms with Crippen LogP contribution in [0.4, 0.5) is 8.78 Å². The lowest BCUT2D eigenvalue weighted by atomic mass is 10.1. The SMILES string of the molecule is CSCCn1c(=O)c(-c2cccc(F)c2F)cn(CC(=O)O)c1=O. The molecular weight excluding hydrogens is 342 g/mol. The number of benzene rings is 1. The van der Waals surface area contributed by atoms with Gasteiger partial charge in [-0.2, -0.15) is 11.8 Å². The Morgan fingerprint density at radius 1 is 1.25 bits per heavy atom. The molecule has 0 radical (unpaired) electrons. The van der Waals surface area contributed by atoms with E-state index in [0.717, 1.165) is 21.4 Å². The topological polar surface area (TPSA) is 81.3 Å². The molecule has 0 aliphatic heterocycles. The summed E-state index contributed by atoms with van der Waals surface area (Å²) >= 11 is 1.38. The molecule has 1 aromatic carbocycles. The van der Waals surface area contributed by atoms with Gasteiger partial charge in [0.1, 0.15) is 6.54 Å². The van der Waals surface area contributed by atoms with Crippen LogP contribution in [0.15, 0.2) is 34.0 Å². The number of halogens is 2. The Morgan fingerprint density at radius 2 is 1.96 bits per heavy atom. The van der Waals surface area contributed by atoms with Crippen LogP contribution in [0.1, 0.15) is 0 Å². The normalized spacial score (nSPS) is 10.8. The van der Waals surface area contributed by atoms with Crippen molar-refractivity contribution in [3.8, 4) is 11.1 Å². The third-order valence-corrected chi connectivity index (χ3v) is 3.89. The Balaban J connectivity index is 2.75. The van der Waals surface area contributed by atoms with Gasteiger partial charge in [-0.05, 0) is 12.3 Å². The van der Waals surface area contributed by atoms with Crippen LogP contribution < -0.4 is 11.2 Å². The van der Waals surface area contributed by atoms with Crippen molar-refractivity contribution in [1.82, 2.24) is 9.13 Å². The molecule has 0 saturated carbocycles. The van der Waals surface area contributed by atoms with Gasteiger partial charge in [-0.1, -0.05) is 12.1 Å². The first-order valence-corrected chi connectivity index (χ1v) is 8.25. The molecule has 0 spiro atoms. The molecule has 9 heteroatoms. The summed E-state index contributed by atoms with van der Waals surface area (Å²) in [5.41, 5.74) is -2.19. The maximum atomic E-state index is 14.0. The first-order chi connectivity index (χ1) is 11.4. The highest BCUT2D eigenvalue weighted by Gasteiger charge is 2.18. The van der Waals surface area contributed by atoms with Crippen LogP contribution in [0.2, 0.25) is 0 Å². The predicted octanol–water partition coefficient (Wildman–Crippen LogP) is 1.40. The summed E-state index contributed by atoms with van der Waals surface area (Å²) in [6, 6.07) is 3.33. The van der Waals surface area contributed by atoms with E-state index in [1.807, 2.05) is 0 Å². The van der Waals surface area contributed by atoms with Crippen LogP contribution in [0, 0.1) is 11.6 Å². The average Bonchev–Trinajstić information content (AvgIpc) is 2.53. The lowest BCUT2D eigenvalue weighted by Crippen LogP contribution is -2.41. The van der Waals surface area contributed by atoms with Crippen LogP contribution in [-0.2, 0) is 17.9 Å². The van der Waals surface area contributed by atoms with E-state index in [1.54, 1.807) is 6.26 Å². The van der Waals surface area contributed by atoms with Crippen molar-refractivity contribution in [2.45, 2.75) is 13.1 Å². The molecule has 0 fully saturated rings. The van der Waals surface area contributed by atoms with Crippen LogP contribution in [-0.4, -0.2) is 32.2 Å². The summed E-state index contributed by atoms with van der Waals surface area (Å²) in [4.78, 5) is 35.7. The molecule has 0 saturated heterocycles. The monoisotopic (exact) mass is 356 g/mol. The Bertz CT molecular complexity index is 892. The molecule has 6 nitrogen and oxygen atoms in total. The van der Waals surface area contributed by atoms with E-state index in [2.05, 4.69) is 0 Å². The van der Waals surface area contributed by atoms with Gasteiger partial charge in [-0.3, -0.25) is 18.7 Å². The molecule has 2 rings (SSSR count). The standard InChI is InChI=1S/C15H14F2N2O4S/c1-24-6-5-19-14(22)10(7-18(15(19)23)8-12(20)21)9-3-2-4-11(16)13(9)17/h2-4,7H,5-6,8H2,1H3,(H,20,21). The number of aliphatic carboxylic acids is 1. The highest BCUT2D eigenvalue weighted by Crippen LogP contribution is 2.21. The first-order valence-electron chi connectivity index (χ1n) is 6.86. The Kier molecular flexibility index (Phi) is 5.55. The predicted molar refractivity (Wildman–Crippen MR) is 86.3 cm³/mol. The van der Waals surface area contributed by atoms with E-state index < -0.39 is 35.4 Å². The fraction of sp³-hybridized carbons (Fsp3) is 0.267. The minimum absolute atomic E-state index is 0.0310. The number of carbonyl (C=O) groups is 1. The van der Waals surface area contributed by atoms with Crippen LogP contribution >= 0.6 is 11.8 Å². The molecule has 2 aromatic rings. The number of hydrogen-bond acceptors (Lipinski definition) is 4. The summed E-state index contributed by atoms with van der Waals surface area (Å²) in [6.07, 6.45) is 2.73. The fourth-order valence-electron chi connectivity index (χ4n) is 2.19. The molecule has 0 atom stereocenters. The molecule has 128 valence electrons. The van der Waals surface area contributed by atoms with Crippen LogP contribution in [0.25, 0.3) is 11.1 Å². The zero-order valence-electron chi connectivity index (χ0n) is 12.7. The van der Waals surface area contributed by atoms with Crippen molar-refractivity contribution in [2.75, 3.05) is 12.0 Å². The van der Waals surface area contributed by atoms with E-state index >= 15 is 0 Å². The second-order valence-corrected chi connectivity index (χ2v) is 5.88. The second-order valence-electron chi connectivity index (χ2n) is 4.90. The number of aromatic nitrogens is 2. The number of rotatable bonds is 6. The zero-order chi connectivity index (χ0) is 17.9. The molecule has 0 aliphatic carbocycles. The summed E-state index contributed by atoms with van der Waals surface area (Å²) in [6.45, 7) is -0.661. The average molecular weight is 356 g/mol. The van der Waals surface area contributed by atoms with E-state index in [1.165, 1.54) is 23.9 Å². The maximum Gasteiger partial charge on any atom is 0.331 e. The van der Waals surface area contributed by atoms with Gasteiger partial charge < -0.3 is 5.11 Å². The number of nitrogens with zero attached hydrogens (tertiary/aromatic N) is 2. The van der Waals surface area contributed by atoms with E-state index in [0.29, 0.717) is 5.75 Å². The molecule has 1 aromatic heterocycles. The van der Waals surface area contributed by atoms with E-state index in [9.17, 15) is 23.2 Å². The molecular formula is C15H14F2N2O4S. The first kappa shape index (κ1) is 17.9. The molecule has 24 heavy (non-hydrogen) atoms. The fourth-order valence-corrected chi connectivity index (χ4v) is 2.55. The van der Waals surface area contributed by atoms with Gasteiger partial charge >= 0.3 is 11.7 Å². The Morgan fingerprint density at radius 3 is 2.58 bits per heavy atom. The van der Waals surface area contributed by atoms with Crippen molar-refractivity contribution in [3.63, 3.8) is 0 Å². The van der Waals surface area contributed by atoms with Crippen molar-refractivity contribution >= 4 is 17.7 Å². The maximum absolute atomic E-state index is 14.0. The largest absolute Gasteiger partial charge is 0.480 e. The third kappa shape index (κ3) is 3.56. The molecule has 0 bridgehead atoms. The number of hydrogen-bond donors (Lipinski definition) is 1. The van der Waals surface area contributed by atoms with Crippen molar-refractivity contribution in [2.24, 2.45) is 0 Å². The van der Waals surface area contributed by atoms with Gasteiger partial charge in [0.2, 0.25) is 0 Å². The molecule has 0 aliphatic rings. The molecule has 0 amide bonds. The van der Waals surface area contributed by atoms with Gasteiger partial charge in [-0.25, -0.2) is 13.6 Å². The Hall–Kier alpha value is -2.42. The zero-order valence-corrected chi connectivity index (χ0v) is 13.5.